The van der Waals surface area contributed by atoms with Crippen LogP contribution in [-0.4, -0.2) is 41.9 Å². The Bertz CT molecular complexity index is 1040. The Hall–Kier alpha value is -3.35. The van der Waals surface area contributed by atoms with Crippen LogP contribution in [0.3, 0.4) is 0 Å². The van der Waals surface area contributed by atoms with E-state index in [-0.39, 0.29) is 18.4 Å². The van der Waals surface area contributed by atoms with Crippen molar-refractivity contribution in [2.45, 2.75) is 13.3 Å². The zero-order chi connectivity index (χ0) is 19.0. The summed E-state index contributed by atoms with van der Waals surface area (Å²) in [7, 11) is 1.69. The fourth-order valence-corrected chi connectivity index (χ4v) is 3.44. The van der Waals surface area contributed by atoms with E-state index in [2.05, 4.69) is 32.7 Å². The number of aromatic nitrogens is 2. The summed E-state index contributed by atoms with van der Waals surface area (Å²) in [6.07, 6.45) is 2.27. The number of amides is 2. The molecule has 7 nitrogen and oxygen atoms in total. The monoisotopic (exact) mass is 363 g/mol. The first-order chi connectivity index (χ1) is 13.0. The van der Waals surface area contributed by atoms with Gasteiger partial charge in [0, 0.05) is 36.4 Å². The number of likely N-dealkylation sites (N-methyl/N-ethyl adjacent to an activating group) is 1. The van der Waals surface area contributed by atoms with Gasteiger partial charge in [-0.1, -0.05) is 18.2 Å². The van der Waals surface area contributed by atoms with Crippen molar-refractivity contribution in [2.75, 3.05) is 30.4 Å². The third-order valence-corrected chi connectivity index (χ3v) is 4.96. The fraction of sp³-hybridized carbons (Fsp3) is 0.250. The minimum Gasteiger partial charge on any atom is -0.359 e. The van der Waals surface area contributed by atoms with E-state index >= 15 is 0 Å². The first-order valence-corrected chi connectivity index (χ1v) is 8.89. The molecular weight excluding hydrogens is 342 g/mol. The van der Waals surface area contributed by atoms with Crippen molar-refractivity contribution in [3.63, 3.8) is 0 Å². The topological polar surface area (TPSA) is 90.1 Å². The molecule has 4 rings (SSSR count). The molecule has 2 amide bonds. The quantitative estimate of drug-likeness (QED) is 0.663. The number of carbonyl (C=O) groups excluding carboxylic acids is 2. The molecule has 1 aromatic carbocycles. The number of fused-ring (bicyclic) bond motifs is 2. The third kappa shape index (κ3) is 3.12. The number of hydrogen-bond acceptors (Lipinski definition) is 4. The summed E-state index contributed by atoms with van der Waals surface area (Å²) in [5.41, 5.74) is 4.49. The second-order valence-corrected chi connectivity index (χ2v) is 6.68. The molecule has 27 heavy (non-hydrogen) atoms. The molecule has 7 heteroatoms. The van der Waals surface area contributed by atoms with Gasteiger partial charge in [0.2, 0.25) is 5.91 Å². The normalized spacial score (nSPS) is 13.4. The number of anilines is 2. The van der Waals surface area contributed by atoms with Crippen molar-refractivity contribution in [3.8, 4) is 0 Å². The van der Waals surface area contributed by atoms with Gasteiger partial charge in [0.25, 0.3) is 5.91 Å². The van der Waals surface area contributed by atoms with Crippen LogP contribution in [0.5, 0.6) is 0 Å². The van der Waals surface area contributed by atoms with Crippen LogP contribution in [0.15, 0.2) is 36.5 Å². The minimum atomic E-state index is -0.200. The molecule has 0 saturated carbocycles. The molecule has 1 aliphatic rings. The van der Waals surface area contributed by atoms with Gasteiger partial charge in [0.05, 0.1) is 17.8 Å². The maximum atomic E-state index is 12.5. The number of para-hydroxylation sites is 1. The Morgan fingerprint density at radius 1 is 1.33 bits per heavy atom. The van der Waals surface area contributed by atoms with Gasteiger partial charge in [-0.05, 0) is 31.0 Å². The van der Waals surface area contributed by atoms with Gasteiger partial charge in [-0.3, -0.25) is 9.59 Å². The summed E-state index contributed by atoms with van der Waals surface area (Å²) < 4.78 is 0. The number of nitrogens with zero attached hydrogens (tertiary/aromatic N) is 2. The highest BCUT2D eigenvalue weighted by Gasteiger charge is 2.22. The number of rotatable bonds is 4. The molecule has 0 fully saturated rings. The largest absolute Gasteiger partial charge is 0.359 e. The number of carbonyl (C=O) groups is 2. The molecule has 3 N–H and O–H groups in total. The molecule has 2 aromatic heterocycles. The molecule has 0 aliphatic carbocycles. The summed E-state index contributed by atoms with van der Waals surface area (Å²) in [5.74, 6) is 0.356. The number of pyridine rings is 1. The van der Waals surface area contributed by atoms with E-state index in [1.807, 2.05) is 19.1 Å². The van der Waals surface area contributed by atoms with Gasteiger partial charge < -0.3 is 20.5 Å². The lowest BCUT2D eigenvalue weighted by Crippen LogP contribution is -2.37. The van der Waals surface area contributed by atoms with Crippen LogP contribution >= 0.6 is 0 Å². The number of hydrogen-bond donors (Lipinski definition) is 3. The lowest BCUT2D eigenvalue weighted by molar-refractivity contribution is -0.116. The molecule has 0 atom stereocenters. The SMILES string of the molecule is Cc1[nH]c2ccccc2c1CCNC(=O)c1cnc2c(c1)N(C)C(=O)CN2. The van der Waals surface area contributed by atoms with Gasteiger partial charge in [0.15, 0.2) is 0 Å². The lowest BCUT2D eigenvalue weighted by Gasteiger charge is -2.26. The first kappa shape index (κ1) is 17.1. The highest BCUT2D eigenvalue weighted by molar-refractivity contribution is 6.03. The van der Waals surface area contributed by atoms with Crippen LogP contribution in [0.25, 0.3) is 10.9 Å². The van der Waals surface area contributed by atoms with E-state index in [1.165, 1.54) is 22.0 Å². The highest BCUT2D eigenvalue weighted by Crippen LogP contribution is 2.27. The van der Waals surface area contributed by atoms with E-state index in [0.717, 1.165) is 17.6 Å². The maximum Gasteiger partial charge on any atom is 0.252 e. The number of benzene rings is 1. The summed E-state index contributed by atoms with van der Waals surface area (Å²) in [6, 6.07) is 9.85. The Morgan fingerprint density at radius 3 is 3.00 bits per heavy atom. The van der Waals surface area contributed by atoms with Crippen LogP contribution in [0.4, 0.5) is 11.5 Å². The van der Waals surface area contributed by atoms with Crippen molar-refractivity contribution < 1.29 is 9.59 Å². The zero-order valence-corrected chi connectivity index (χ0v) is 15.3. The Labute approximate surface area is 156 Å². The number of nitrogens with one attached hydrogen (secondary N) is 3. The summed E-state index contributed by atoms with van der Waals surface area (Å²) in [4.78, 5) is 33.5. The Morgan fingerprint density at radius 2 is 2.15 bits per heavy atom. The smallest absolute Gasteiger partial charge is 0.252 e. The van der Waals surface area contributed by atoms with Crippen molar-refractivity contribution in [1.82, 2.24) is 15.3 Å². The predicted molar refractivity (Wildman–Crippen MR) is 105 cm³/mol. The van der Waals surface area contributed by atoms with E-state index < -0.39 is 0 Å². The van der Waals surface area contributed by atoms with Gasteiger partial charge in [-0.2, -0.15) is 0 Å². The molecule has 3 aromatic rings. The average molecular weight is 363 g/mol. The number of aryl methyl sites for hydroxylation is 1. The van der Waals surface area contributed by atoms with Crippen LogP contribution in [0.2, 0.25) is 0 Å². The van der Waals surface area contributed by atoms with Crippen molar-refractivity contribution in [1.29, 1.82) is 0 Å². The average Bonchev–Trinajstić information content (AvgIpc) is 3.00. The molecule has 1 aliphatic heterocycles. The lowest BCUT2D eigenvalue weighted by atomic mass is 10.1. The van der Waals surface area contributed by atoms with Gasteiger partial charge in [-0.25, -0.2) is 4.98 Å². The maximum absolute atomic E-state index is 12.5. The van der Waals surface area contributed by atoms with Gasteiger partial charge >= 0.3 is 0 Å². The second-order valence-electron chi connectivity index (χ2n) is 6.68. The fourth-order valence-electron chi connectivity index (χ4n) is 3.44. The minimum absolute atomic E-state index is 0.0586. The standard InChI is InChI=1S/C20H21N5O2/c1-12-14(15-5-3-4-6-16(15)24-12)7-8-21-20(27)13-9-17-19(22-10-13)23-11-18(26)25(17)2/h3-6,9-10,24H,7-8,11H2,1-2H3,(H,21,27)(H,22,23). The van der Waals surface area contributed by atoms with Gasteiger partial charge in [0.1, 0.15) is 5.82 Å². The predicted octanol–water partition coefficient (Wildman–Crippen LogP) is 2.23. The second kappa shape index (κ2) is 6.75. The van der Waals surface area contributed by atoms with Gasteiger partial charge in [-0.15, -0.1) is 0 Å². The molecule has 0 bridgehead atoms. The molecule has 0 saturated heterocycles. The number of aromatic amines is 1. The highest BCUT2D eigenvalue weighted by atomic mass is 16.2. The summed E-state index contributed by atoms with van der Waals surface area (Å²) in [6.45, 7) is 2.78. The van der Waals surface area contributed by atoms with Crippen LogP contribution in [-0.2, 0) is 11.2 Å². The Kier molecular flexibility index (Phi) is 4.27. The Balaban J connectivity index is 1.45. The third-order valence-electron chi connectivity index (χ3n) is 4.96. The van der Waals surface area contributed by atoms with E-state index in [9.17, 15) is 9.59 Å². The molecule has 0 radical (unpaired) electrons. The summed E-state index contributed by atoms with van der Waals surface area (Å²) >= 11 is 0. The van der Waals surface area contributed by atoms with Crippen LogP contribution in [0.1, 0.15) is 21.6 Å². The van der Waals surface area contributed by atoms with E-state index in [0.29, 0.717) is 23.6 Å². The van der Waals surface area contributed by atoms with E-state index in [1.54, 1.807) is 13.1 Å². The van der Waals surface area contributed by atoms with Crippen molar-refractivity contribution in [3.05, 3.63) is 53.3 Å². The molecule has 0 spiro atoms. The van der Waals surface area contributed by atoms with Crippen molar-refractivity contribution >= 4 is 34.2 Å². The molecular formula is C20H21N5O2. The van der Waals surface area contributed by atoms with Crippen LogP contribution in [0, 0.1) is 6.92 Å². The van der Waals surface area contributed by atoms with E-state index in [4.69, 9.17) is 0 Å². The first-order valence-electron chi connectivity index (χ1n) is 8.89. The zero-order valence-electron chi connectivity index (χ0n) is 15.3. The van der Waals surface area contributed by atoms with Crippen LogP contribution < -0.4 is 15.5 Å². The summed E-state index contributed by atoms with van der Waals surface area (Å²) in [5, 5.41) is 7.09. The van der Waals surface area contributed by atoms with Crippen molar-refractivity contribution in [2.24, 2.45) is 0 Å². The molecule has 0 unspecified atom stereocenters. The number of H-pyrrole nitrogens is 1. The molecule has 3 heterocycles. The molecule has 138 valence electrons.